The molecule has 0 aliphatic heterocycles. The van der Waals surface area contributed by atoms with Crippen molar-refractivity contribution in [2.45, 2.75) is 13.3 Å². The zero-order chi connectivity index (χ0) is 15.5. The van der Waals surface area contributed by atoms with E-state index in [0.29, 0.717) is 17.2 Å². The van der Waals surface area contributed by atoms with E-state index >= 15 is 0 Å². The Morgan fingerprint density at radius 2 is 1.91 bits per heavy atom. The number of aromatic nitrogens is 2. The molecule has 2 heterocycles. The van der Waals surface area contributed by atoms with Crippen LogP contribution in [0.25, 0.3) is 10.9 Å². The summed E-state index contributed by atoms with van der Waals surface area (Å²) >= 11 is 0. The zero-order valence-electron chi connectivity index (χ0n) is 12.2. The van der Waals surface area contributed by atoms with Gasteiger partial charge in [0.1, 0.15) is 5.82 Å². The molecule has 0 aliphatic carbocycles. The fourth-order valence-electron chi connectivity index (χ4n) is 2.27. The number of aryl methyl sites for hydroxylation is 1. The maximum atomic E-state index is 12.1. The molecule has 0 saturated heterocycles. The molecule has 1 aromatic carbocycles. The molecule has 110 valence electrons. The average Bonchev–Trinajstić information content (AvgIpc) is 2.48. The molecular weight excluding hydrogens is 276 g/mol. The number of amides is 1. The van der Waals surface area contributed by atoms with Crippen molar-refractivity contribution in [2.24, 2.45) is 0 Å². The van der Waals surface area contributed by atoms with Crippen molar-refractivity contribution in [1.29, 1.82) is 0 Å². The summed E-state index contributed by atoms with van der Waals surface area (Å²) in [5, 5.41) is 3.74. The average molecular weight is 292 g/mol. The van der Waals surface area contributed by atoms with Gasteiger partial charge >= 0.3 is 0 Å². The van der Waals surface area contributed by atoms with Crippen LogP contribution in [0.3, 0.4) is 0 Å². The number of nitrogens with one attached hydrogen (secondary N) is 1. The van der Waals surface area contributed by atoms with Gasteiger partial charge in [-0.1, -0.05) is 24.3 Å². The van der Waals surface area contributed by atoms with Crippen LogP contribution in [-0.2, 0) is 11.2 Å². The van der Waals surface area contributed by atoms with Crippen molar-refractivity contribution in [2.75, 3.05) is 11.1 Å². The number of carbonyl (C=O) groups is 1. The summed E-state index contributed by atoms with van der Waals surface area (Å²) in [5.74, 6) is 0.393. The number of benzene rings is 1. The first kappa shape index (κ1) is 14.0. The normalized spacial score (nSPS) is 10.6. The minimum absolute atomic E-state index is 0.153. The van der Waals surface area contributed by atoms with Gasteiger partial charge in [-0.25, -0.2) is 4.98 Å². The van der Waals surface area contributed by atoms with E-state index < -0.39 is 0 Å². The monoisotopic (exact) mass is 292 g/mol. The standard InChI is InChI=1S/C17H16N4O/c1-11-4-2-7-15(19-11)21-16(22)10-13-9-8-12-5-3-6-14(18)17(12)20-13/h2-9H,10,18H2,1H3,(H,19,21,22). The molecule has 3 N–H and O–H groups in total. The molecule has 0 atom stereocenters. The van der Waals surface area contributed by atoms with Crippen LogP contribution in [0.4, 0.5) is 11.5 Å². The van der Waals surface area contributed by atoms with Gasteiger partial charge in [-0.15, -0.1) is 0 Å². The second-order valence-corrected chi connectivity index (χ2v) is 5.11. The van der Waals surface area contributed by atoms with E-state index in [2.05, 4.69) is 15.3 Å². The number of anilines is 2. The molecule has 0 saturated carbocycles. The highest BCUT2D eigenvalue weighted by Gasteiger charge is 2.08. The van der Waals surface area contributed by atoms with E-state index in [0.717, 1.165) is 16.6 Å². The first-order valence-electron chi connectivity index (χ1n) is 6.99. The Bertz CT molecular complexity index is 845. The van der Waals surface area contributed by atoms with Crippen LogP contribution in [0.15, 0.2) is 48.5 Å². The number of nitrogens with two attached hydrogens (primary N) is 1. The third-order valence-corrected chi connectivity index (χ3v) is 3.31. The van der Waals surface area contributed by atoms with Crippen LogP contribution in [0.2, 0.25) is 0 Å². The van der Waals surface area contributed by atoms with Crippen molar-refractivity contribution in [3.8, 4) is 0 Å². The molecule has 2 aromatic heterocycles. The van der Waals surface area contributed by atoms with E-state index in [4.69, 9.17) is 5.73 Å². The topological polar surface area (TPSA) is 80.9 Å². The van der Waals surface area contributed by atoms with E-state index in [1.807, 2.05) is 43.3 Å². The van der Waals surface area contributed by atoms with Gasteiger partial charge < -0.3 is 11.1 Å². The summed E-state index contributed by atoms with van der Waals surface area (Å²) in [5.41, 5.74) is 8.79. The summed E-state index contributed by atoms with van der Waals surface area (Å²) in [6, 6.07) is 14.9. The number of fused-ring (bicyclic) bond motifs is 1. The Morgan fingerprint density at radius 3 is 2.73 bits per heavy atom. The molecule has 3 rings (SSSR count). The molecule has 3 aromatic rings. The Morgan fingerprint density at radius 1 is 1.09 bits per heavy atom. The SMILES string of the molecule is Cc1cccc(NC(=O)Cc2ccc3cccc(N)c3n2)n1. The Kier molecular flexibility index (Phi) is 3.70. The Balaban J connectivity index is 1.78. The van der Waals surface area contributed by atoms with E-state index in [-0.39, 0.29) is 12.3 Å². The number of para-hydroxylation sites is 1. The number of hydrogen-bond donors (Lipinski definition) is 2. The smallest absolute Gasteiger partial charge is 0.231 e. The van der Waals surface area contributed by atoms with Crippen LogP contribution in [-0.4, -0.2) is 15.9 Å². The van der Waals surface area contributed by atoms with Gasteiger partial charge in [-0.3, -0.25) is 9.78 Å². The number of nitrogens with zero attached hydrogens (tertiary/aromatic N) is 2. The third-order valence-electron chi connectivity index (χ3n) is 3.31. The molecule has 0 fully saturated rings. The second-order valence-electron chi connectivity index (χ2n) is 5.11. The molecule has 0 aliphatic rings. The fourth-order valence-corrected chi connectivity index (χ4v) is 2.27. The predicted molar refractivity (Wildman–Crippen MR) is 87.5 cm³/mol. The highest BCUT2D eigenvalue weighted by Crippen LogP contribution is 2.19. The molecular formula is C17H16N4O. The number of carbonyl (C=O) groups excluding carboxylic acids is 1. The van der Waals surface area contributed by atoms with Gasteiger partial charge in [0.25, 0.3) is 0 Å². The molecule has 0 radical (unpaired) electrons. The largest absolute Gasteiger partial charge is 0.397 e. The molecule has 5 heteroatoms. The molecule has 1 amide bonds. The van der Waals surface area contributed by atoms with Gasteiger partial charge in [-0.05, 0) is 31.2 Å². The highest BCUT2D eigenvalue weighted by atomic mass is 16.1. The molecule has 0 bridgehead atoms. The summed E-state index contributed by atoms with van der Waals surface area (Å²) in [6.45, 7) is 1.88. The number of rotatable bonds is 3. The summed E-state index contributed by atoms with van der Waals surface area (Å²) < 4.78 is 0. The van der Waals surface area contributed by atoms with Crippen LogP contribution >= 0.6 is 0 Å². The molecule has 22 heavy (non-hydrogen) atoms. The lowest BCUT2D eigenvalue weighted by molar-refractivity contribution is -0.115. The second kappa shape index (κ2) is 5.81. The highest BCUT2D eigenvalue weighted by molar-refractivity contribution is 5.93. The maximum absolute atomic E-state index is 12.1. The minimum atomic E-state index is -0.153. The van der Waals surface area contributed by atoms with Gasteiger partial charge in [0.2, 0.25) is 5.91 Å². The number of hydrogen-bond acceptors (Lipinski definition) is 4. The number of pyridine rings is 2. The van der Waals surface area contributed by atoms with Crippen LogP contribution in [0.5, 0.6) is 0 Å². The van der Waals surface area contributed by atoms with Crippen LogP contribution < -0.4 is 11.1 Å². The summed E-state index contributed by atoms with van der Waals surface area (Å²) in [7, 11) is 0. The van der Waals surface area contributed by atoms with E-state index in [9.17, 15) is 4.79 Å². The van der Waals surface area contributed by atoms with Crippen molar-refractivity contribution in [3.63, 3.8) is 0 Å². The van der Waals surface area contributed by atoms with Gasteiger partial charge in [0.15, 0.2) is 0 Å². The van der Waals surface area contributed by atoms with Crippen molar-refractivity contribution in [1.82, 2.24) is 9.97 Å². The Hall–Kier alpha value is -2.95. The predicted octanol–water partition coefficient (Wildman–Crippen LogP) is 2.70. The summed E-state index contributed by atoms with van der Waals surface area (Å²) in [4.78, 5) is 20.8. The van der Waals surface area contributed by atoms with Gasteiger partial charge in [-0.2, -0.15) is 0 Å². The number of nitrogen functional groups attached to an aromatic ring is 1. The van der Waals surface area contributed by atoms with Crippen molar-refractivity contribution < 1.29 is 4.79 Å². The van der Waals surface area contributed by atoms with Crippen LogP contribution in [0.1, 0.15) is 11.4 Å². The lowest BCUT2D eigenvalue weighted by atomic mass is 10.1. The first-order valence-corrected chi connectivity index (χ1v) is 6.99. The minimum Gasteiger partial charge on any atom is -0.397 e. The lowest BCUT2D eigenvalue weighted by Gasteiger charge is -2.06. The van der Waals surface area contributed by atoms with Crippen molar-refractivity contribution in [3.05, 3.63) is 59.9 Å². The summed E-state index contributed by atoms with van der Waals surface area (Å²) in [6.07, 6.45) is 0.180. The molecule has 5 nitrogen and oxygen atoms in total. The van der Waals surface area contributed by atoms with Crippen molar-refractivity contribution >= 4 is 28.3 Å². The molecule has 0 spiro atoms. The van der Waals surface area contributed by atoms with Crippen LogP contribution in [0, 0.1) is 6.92 Å². The first-order chi connectivity index (χ1) is 10.6. The third kappa shape index (κ3) is 3.03. The van der Waals surface area contributed by atoms with Gasteiger partial charge in [0, 0.05) is 11.1 Å². The molecule has 0 unspecified atom stereocenters. The lowest BCUT2D eigenvalue weighted by Crippen LogP contribution is -2.16. The van der Waals surface area contributed by atoms with E-state index in [1.54, 1.807) is 12.1 Å². The van der Waals surface area contributed by atoms with E-state index in [1.165, 1.54) is 0 Å². The maximum Gasteiger partial charge on any atom is 0.231 e. The van der Waals surface area contributed by atoms with Gasteiger partial charge in [0.05, 0.1) is 23.3 Å². The quantitative estimate of drug-likeness (QED) is 0.727. The fraction of sp³-hybridized carbons (Fsp3) is 0.118. The zero-order valence-corrected chi connectivity index (χ0v) is 12.2. The Labute approximate surface area is 128 Å².